The van der Waals surface area contributed by atoms with Crippen LogP contribution in [0.3, 0.4) is 0 Å². The number of carbonyl (C=O) groups excluding carboxylic acids is 1. The van der Waals surface area contributed by atoms with E-state index in [1.165, 1.54) is 31.7 Å². The average Bonchev–Trinajstić information content (AvgIpc) is 3.04. The Balaban J connectivity index is 2.02. The van der Waals surface area contributed by atoms with Crippen molar-refractivity contribution in [2.24, 2.45) is 5.92 Å². The summed E-state index contributed by atoms with van der Waals surface area (Å²) in [7, 11) is 0. The van der Waals surface area contributed by atoms with Crippen molar-refractivity contribution in [2.45, 2.75) is 83.9 Å². The molecule has 146 valence electrons. The molecular weight excluding hydrogens is 339 g/mol. The zero-order valence-electron chi connectivity index (χ0n) is 15.8. The van der Waals surface area contributed by atoms with Gasteiger partial charge in [-0.1, -0.05) is 46.0 Å². The summed E-state index contributed by atoms with van der Waals surface area (Å²) in [5.41, 5.74) is 0.132. The highest BCUT2D eigenvalue weighted by Gasteiger charge is 2.32. The second-order valence-corrected chi connectivity index (χ2v) is 7.34. The van der Waals surface area contributed by atoms with E-state index in [2.05, 4.69) is 12.2 Å². The summed E-state index contributed by atoms with van der Waals surface area (Å²) in [4.78, 5) is 12.7. The van der Waals surface area contributed by atoms with Crippen LogP contribution in [0.15, 0.2) is 18.2 Å². The van der Waals surface area contributed by atoms with Crippen molar-refractivity contribution in [3.8, 4) is 0 Å². The van der Waals surface area contributed by atoms with Crippen molar-refractivity contribution < 1.29 is 18.0 Å². The molecule has 0 radical (unpaired) electrons. The number of aryl methyl sites for hydroxylation is 1. The van der Waals surface area contributed by atoms with Crippen LogP contribution < -0.4 is 5.32 Å². The third kappa shape index (κ3) is 5.49. The summed E-state index contributed by atoms with van der Waals surface area (Å²) < 4.78 is 38.7. The minimum atomic E-state index is -4.38. The number of rotatable bonds is 8. The molecule has 26 heavy (non-hydrogen) atoms. The fraction of sp³-hybridized carbons (Fsp3) is 0.667. The molecule has 2 rings (SSSR count). The van der Waals surface area contributed by atoms with Gasteiger partial charge in [-0.3, -0.25) is 4.79 Å². The molecule has 0 bridgehead atoms. The number of carbonyl (C=O) groups is 1. The van der Waals surface area contributed by atoms with Crippen molar-refractivity contribution in [1.29, 1.82) is 0 Å². The Labute approximate surface area is 154 Å². The molecule has 1 aromatic rings. The molecule has 2 nitrogen and oxygen atoms in total. The van der Waals surface area contributed by atoms with E-state index >= 15 is 0 Å². The lowest BCUT2D eigenvalue weighted by Gasteiger charge is -2.22. The maximum absolute atomic E-state index is 12.9. The van der Waals surface area contributed by atoms with Crippen molar-refractivity contribution in [1.82, 2.24) is 5.32 Å². The molecule has 2 unspecified atom stereocenters. The van der Waals surface area contributed by atoms with Crippen LogP contribution in [0, 0.1) is 5.92 Å². The maximum atomic E-state index is 12.9. The molecular formula is C21H30F3NO. The van der Waals surface area contributed by atoms with Crippen LogP contribution in [0.5, 0.6) is 0 Å². The molecule has 1 amide bonds. The lowest BCUT2D eigenvalue weighted by Crippen LogP contribution is -2.37. The smallest absolute Gasteiger partial charge is 0.349 e. The standard InChI is InChI=1S/C21H30F3NO/c1-3-5-6-7-9-16-10-8-11-19(16)25-20(26)18-13-12-17(21(22,23)24)14-15(18)4-2/h12-14,16,19H,3-11H2,1-2H3,(H,25,26). The van der Waals surface area contributed by atoms with E-state index in [4.69, 9.17) is 0 Å². The minimum absolute atomic E-state index is 0.149. The number of alkyl halides is 3. The van der Waals surface area contributed by atoms with Gasteiger partial charge in [0.2, 0.25) is 0 Å². The number of hydrogen-bond acceptors (Lipinski definition) is 1. The molecule has 1 aliphatic carbocycles. The predicted octanol–water partition coefficient (Wildman–Crippen LogP) is 6.14. The second-order valence-electron chi connectivity index (χ2n) is 7.34. The van der Waals surface area contributed by atoms with Crippen LogP contribution in [0.25, 0.3) is 0 Å². The molecule has 0 heterocycles. The first kappa shape index (κ1) is 20.8. The molecule has 0 aromatic heterocycles. The highest BCUT2D eigenvalue weighted by Crippen LogP contribution is 2.32. The molecule has 5 heteroatoms. The monoisotopic (exact) mass is 369 g/mol. The highest BCUT2D eigenvalue weighted by atomic mass is 19.4. The van der Waals surface area contributed by atoms with E-state index in [0.29, 0.717) is 23.5 Å². The Morgan fingerprint density at radius 1 is 1.15 bits per heavy atom. The van der Waals surface area contributed by atoms with Gasteiger partial charge in [-0.05, 0) is 55.4 Å². The Kier molecular flexibility index (Phi) is 7.54. The Hall–Kier alpha value is -1.52. The fourth-order valence-electron chi connectivity index (χ4n) is 3.94. The summed E-state index contributed by atoms with van der Waals surface area (Å²) in [6.45, 7) is 3.96. The number of halogens is 3. The van der Waals surface area contributed by atoms with Crippen molar-refractivity contribution in [3.63, 3.8) is 0 Å². The van der Waals surface area contributed by atoms with Gasteiger partial charge in [-0.2, -0.15) is 13.2 Å². The summed E-state index contributed by atoms with van der Waals surface area (Å²) in [6.07, 6.45) is 5.21. The third-order valence-corrected chi connectivity index (χ3v) is 5.46. The summed E-state index contributed by atoms with van der Waals surface area (Å²) in [5.74, 6) is 0.261. The normalized spacial score (nSPS) is 20.3. The van der Waals surface area contributed by atoms with Crippen LogP contribution >= 0.6 is 0 Å². The third-order valence-electron chi connectivity index (χ3n) is 5.46. The molecule has 1 N–H and O–H groups in total. The quantitative estimate of drug-likeness (QED) is 0.548. The molecule has 0 aliphatic heterocycles. The second kappa shape index (κ2) is 9.43. The fourth-order valence-corrected chi connectivity index (χ4v) is 3.94. The van der Waals surface area contributed by atoms with Gasteiger partial charge in [0.15, 0.2) is 0 Å². The SMILES string of the molecule is CCCCCCC1CCCC1NC(=O)c1ccc(C(F)(F)F)cc1CC. The van der Waals surface area contributed by atoms with E-state index in [9.17, 15) is 18.0 Å². The minimum Gasteiger partial charge on any atom is -0.349 e. The van der Waals surface area contributed by atoms with Gasteiger partial charge >= 0.3 is 6.18 Å². The zero-order chi connectivity index (χ0) is 19.2. The van der Waals surface area contributed by atoms with Crippen LogP contribution in [0.1, 0.15) is 86.7 Å². The zero-order valence-corrected chi connectivity index (χ0v) is 15.8. The van der Waals surface area contributed by atoms with Gasteiger partial charge in [0.05, 0.1) is 5.56 Å². The summed E-state index contributed by atoms with van der Waals surface area (Å²) >= 11 is 0. The van der Waals surface area contributed by atoms with E-state index in [1.807, 2.05) is 0 Å². The van der Waals surface area contributed by atoms with Crippen LogP contribution in [-0.2, 0) is 12.6 Å². The molecule has 1 aromatic carbocycles. The van der Waals surface area contributed by atoms with Crippen LogP contribution in [0.4, 0.5) is 13.2 Å². The molecule has 2 atom stereocenters. The van der Waals surface area contributed by atoms with Crippen molar-refractivity contribution in [3.05, 3.63) is 34.9 Å². The number of nitrogens with one attached hydrogen (secondary N) is 1. The lowest BCUT2D eigenvalue weighted by molar-refractivity contribution is -0.137. The Morgan fingerprint density at radius 2 is 1.92 bits per heavy atom. The molecule has 1 aliphatic rings. The molecule has 0 spiro atoms. The first-order valence-corrected chi connectivity index (χ1v) is 9.87. The van der Waals surface area contributed by atoms with Crippen LogP contribution in [0.2, 0.25) is 0 Å². The first-order valence-electron chi connectivity index (χ1n) is 9.87. The van der Waals surface area contributed by atoms with E-state index in [0.717, 1.165) is 37.8 Å². The summed E-state index contributed by atoms with van der Waals surface area (Å²) in [6, 6.07) is 3.58. The average molecular weight is 369 g/mol. The van der Waals surface area contributed by atoms with Crippen LogP contribution in [-0.4, -0.2) is 11.9 Å². The van der Waals surface area contributed by atoms with E-state index in [1.54, 1.807) is 6.92 Å². The van der Waals surface area contributed by atoms with E-state index < -0.39 is 11.7 Å². The van der Waals surface area contributed by atoms with Gasteiger partial charge in [-0.25, -0.2) is 0 Å². The number of amides is 1. The topological polar surface area (TPSA) is 29.1 Å². The Morgan fingerprint density at radius 3 is 2.58 bits per heavy atom. The van der Waals surface area contributed by atoms with E-state index in [-0.39, 0.29) is 11.9 Å². The number of hydrogen-bond donors (Lipinski definition) is 1. The van der Waals surface area contributed by atoms with Gasteiger partial charge in [-0.15, -0.1) is 0 Å². The van der Waals surface area contributed by atoms with Crippen molar-refractivity contribution in [2.75, 3.05) is 0 Å². The lowest BCUT2D eigenvalue weighted by atomic mass is 9.95. The largest absolute Gasteiger partial charge is 0.416 e. The van der Waals surface area contributed by atoms with Gasteiger partial charge < -0.3 is 5.32 Å². The van der Waals surface area contributed by atoms with Gasteiger partial charge in [0, 0.05) is 11.6 Å². The number of unbranched alkanes of at least 4 members (excludes halogenated alkanes) is 3. The maximum Gasteiger partial charge on any atom is 0.416 e. The highest BCUT2D eigenvalue weighted by molar-refractivity contribution is 5.96. The molecule has 1 fully saturated rings. The summed E-state index contributed by atoms with van der Waals surface area (Å²) in [5, 5.41) is 3.10. The Bertz CT molecular complexity index is 597. The first-order chi connectivity index (χ1) is 12.4. The molecule has 0 saturated heterocycles. The number of benzene rings is 1. The molecule has 1 saturated carbocycles. The predicted molar refractivity (Wildman–Crippen MR) is 98.2 cm³/mol. The van der Waals surface area contributed by atoms with Crippen molar-refractivity contribution >= 4 is 5.91 Å². The van der Waals surface area contributed by atoms with Gasteiger partial charge in [0.25, 0.3) is 5.91 Å². The van der Waals surface area contributed by atoms with Gasteiger partial charge in [0.1, 0.15) is 0 Å².